The summed E-state index contributed by atoms with van der Waals surface area (Å²) in [5, 5.41) is 0. The van der Waals surface area contributed by atoms with Crippen LogP contribution in [0.5, 0.6) is 0 Å². The minimum atomic E-state index is -0.583. The van der Waals surface area contributed by atoms with E-state index in [9.17, 15) is 0 Å². The first-order valence-electron chi connectivity index (χ1n) is 5.74. The highest BCUT2D eigenvalue weighted by Crippen LogP contribution is 2.56. The van der Waals surface area contributed by atoms with Crippen molar-refractivity contribution in [2.75, 3.05) is 7.11 Å². The maximum absolute atomic E-state index is 5.89. The van der Waals surface area contributed by atoms with Gasteiger partial charge in [-0.25, -0.2) is 0 Å². The van der Waals surface area contributed by atoms with Crippen LogP contribution in [0.15, 0.2) is 24.3 Å². The zero-order chi connectivity index (χ0) is 12.0. The Bertz CT molecular complexity index is 380. The summed E-state index contributed by atoms with van der Waals surface area (Å²) in [4.78, 5) is 0. The van der Waals surface area contributed by atoms with Crippen LogP contribution in [0.2, 0.25) is 0 Å². The standard InChI is InChI=1S/C14H20O2/c1-10-6-8-12(9-7-10)14(15-5)13(3,4)11(2)16-14/h6-9,11H,1-5H3. The van der Waals surface area contributed by atoms with Gasteiger partial charge in [-0.05, 0) is 13.8 Å². The number of hydrogen-bond donors (Lipinski definition) is 0. The first-order valence-corrected chi connectivity index (χ1v) is 5.74. The highest BCUT2D eigenvalue weighted by Gasteiger charge is 2.61. The van der Waals surface area contributed by atoms with Crippen molar-refractivity contribution in [3.8, 4) is 0 Å². The van der Waals surface area contributed by atoms with Gasteiger partial charge in [0.25, 0.3) is 0 Å². The summed E-state index contributed by atoms with van der Waals surface area (Å²) >= 11 is 0. The fourth-order valence-electron chi connectivity index (χ4n) is 2.40. The number of ether oxygens (including phenoxy) is 2. The van der Waals surface area contributed by atoms with Crippen molar-refractivity contribution in [2.45, 2.75) is 39.6 Å². The molecule has 1 aromatic rings. The van der Waals surface area contributed by atoms with E-state index in [0.29, 0.717) is 0 Å². The molecule has 2 heteroatoms. The molecule has 0 N–H and O–H groups in total. The topological polar surface area (TPSA) is 18.5 Å². The van der Waals surface area contributed by atoms with Gasteiger partial charge >= 0.3 is 0 Å². The Morgan fingerprint density at radius 3 is 2.12 bits per heavy atom. The number of hydrogen-bond acceptors (Lipinski definition) is 2. The van der Waals surface area contributed by atoms with Crippen LogP contribution in [-0.2, 0) is 15.3 Å². The molecule has 2 nitrogen and oxygen atoms in total. The summed E-state index contributed by atoms with van der Waals surface area (Å²) in [5.41, 5.74) is 2.35. The van der Waals surface area contributed by atoms with Crippen molar-refractivity contribution in [3.05, 3.63) is 35.4 Å². The van der Waals surface area contributed by atoms with Crippen molar-refractivity contribution in [3.63, 3.8) is 0 Å². The number of methoxy groups -OCH3 is 1. The molecular weight excluding hydrogens is 200 g/mol. The summed E-state index contributed by atoms with van der Waals surface area (Å²) in [6.45, 7) is 8.54. The molecular formula is C14H20O2. The van der Waals surface area contributed by atoms with Gasteiger partial charge in [-0.2, -0.15) is 0 Å². The quantitative estimate of drug-likeness (QED) is 0.761. The van der Waals surface area contributed by atoms with Crippen LogP contribution in [0.1, 0.15) is 31.9 Å². The Morgan fingerprint density at radius 2 is 1.75 bits per heavy atom. The van der Waals surface area contributed by atoms with Crippen LogP contribution in [0.4, 0.5) is 0 Å². The van der Waals surface area contributed by atoms with Gasteiger partial charge in [0.2, 0.25) is 5.79 Å². The van der Waals surface area contributed by atoms with Crippen LogP contribution in [0.25, 0.3) is 0 Å². The first kappa shape index (κ1) is 11.6. The Kier molecular flexibility index (Phi) is 2.59. The lowest BCUT2D eigenvalue weighted by Gasteiger charge is -2.59. The van der Waals surface area contributed by atoms with E-state index < -0.39 is 5.79 Å². The third-order valence-electron chi connectivity index (χ3n) is 3.93. The maximum Gasteiger partial charge on any atom is 0.202 e. The lowest BCUT2D eigenvalue weighted by molar-refractivity contribution is -0.419. The number of aryl methyl sites for hydroxylation is 1. The fourth-order valence-corrected chi connectivity index (χ4v) is 2.40. The third-order valence-corrected chi connectivity index (χ3v) is 3.93. The Hall–Kier alpha value is -0.860. The van der Waals surface area contributed by atoms with Crippen molar-refractivity contribution in [1.82, 2.24) is 0 Å². The molecule has 1 aliphatic heterocycles. The molecule has 0 bridgehead atoms. The lowest BCUT2D eigenvalue weighted by Crippen LogP contribution is -2.63. The molecule has 1 aliphatic rings. The first-order chi connectivity index (χ1) is 7.44. The van der Waals surface area contributed by atoms with Gasteiger partial charge in [0.1, 0.15) is 0 Å². The van der Waals surface area contributed by atoms with E-state index in [1.165, 1.54) is 5.56 Å². The molecule has 1 saturated heterocycles. The summed E-state index contributed by atoms with van der Waals surface area (Å²) in [6, 6.07) is 8.37. The molecule has 0 amide bonds. The van der Waals surface area contributed by atoms with E-state index in [4.69, 9.17) is 9.47 Å². The molecule has 0 aliphatic carbocycles. The molecule has 1 fully saturated rings. The average Bonchev–Trinajstić information content (AvgIpc) is 2.27. The second-order valence-electron chi connectivity index (χ2n) is 5.17. The van der Waals surface area contributed by atoms with E-state index >= 15 is 0 Å². The van der Waals surface area contributed by atoms with Crippen LogP contribution < -0.4 is 0 Å². The number of rotatable bonds is 2. The molecule has 1 heterocycles. The molecule has 2 rings (SSSR count). The third kappa shape index (κ3) is 1.33. The summed E-state index contributed by atoms with van der Waals surface area (Å²) in [5.74, 6) is -0.583. The van der Waals surface area contributed by atoms with Gasteiger partial charge in [0, 0.05) is 18.1 Å². The van der Waals surface area contributed by atoms with Gasteiger partial charge in [0.15, 0.2) is 0 Å². The van der Waals surface area contributed by atoms with Crippen molar-refractivity contribution in [1.29, 1.82) is 0 Å². The monoisotopic (exact) mass is 220 g/mol. The predicted molar refractivity (Wildman–Crippen MR) is 64.2 cm³/mol. The summed E-state index contributed by atoms with van der Waals surface area (Å²) < 4.78 is 11.6. The van der Waals surface area contributed by atoms with Gasteiger partial charge < -0.3 is 9.47 Å². The van der Waals surface area contributed by atoms with Gasteiger partial charge in [-0.3, -0.25) is 0 Å². The Morgan fingerprint density at radius 1 is 1.19 bits per heavy atom. The lowest BCUT2D eigenvalue weighted by atomic mass is 9.69. The van der Waals surface area contributed by atoms with E-state index in [0.717, 1.165) is 5.56 Å². The van der Waals surface area contributed by atoms with Crippen molar-refractivity contribution >= 4 is 0 Å². The zero-order valence-corrected chi connectivity index (χ0v) is 10.7. The minimum absolute atomic E-state index is 0.00297. The molecule has 0 radical (unpaired) electrons. The molecule has 0 aromatic heterocycles. The molecule has 2 atom stereocenters. The fraction of sp³-hybridized carbons (Fsp3) is 0.571. The van der Waals surface area contributed by atoms with Crippen molar-refractivity contribution < 1.29 is 9.47 Å². The molecule has 88 valence electrons. The van der Waals surface area contributed by atoms with Gasteiger partial charge in [-0.15, -0.1) is 0 Å². The van der Waals surface area contributed by atoms with E-state index in [1.54, 1.807) is 7.11 Å². The maximum atomic E-state index is 5.89. The summed E-state index contributed by atoms with van der Waals surface area (Å²) in [7, 11) is 1.72. The SMILES string of the molecule is COC1(c2ccc(C)cc2)OC(C)C1(C)C. The molecule has 1 aromatic carbocycles. The average molecular weight is 220 g/mol. The van der Waals surface area contributed by atoms with Gasteiger partial charge in [0.05, 0.1) is 6.10 Å². The van der Waals surface area contributed by atoms with E-state index in [1.807, 2.05) is 0 Å². The van der Waals surface area contributed by atoms with E-state index in [2.05, 4.69) is 52.0 Å². The molecule has 0 saturated carbocycles. The van der Waals surface area contributed by atoms with Crippen molar-refractivity contribution in [2.24, 2.45) is 5.41 Å². The van der Waals surface area contributed by atoms with Gasteiger partial charge in [-0.1, -0.05) is 43.7 Å². The highest BCUT2D eigenvalue weighted by atomic mass is 16.7. The largest absolute Gasteiger partial charge is 0.349 e. The molecule has 16 heavy (non-hydrogen) atoms. The van der Waals surface area contributed by atoms with Crippen LogP contribution in [0.3, 0.4) is 0 Å². The molecule has 0 spiro atoms. The minimum Gasteiger partial charge on any atom is -0.349 e. The molecule has 2 unspecified atom stereocenters. The van der Waals surface area contributed by atoms with Crippen LogP contribution in [-0.4, -0.2) is 13.2 Å². The van der Waals surface area contributed by atoms with Crippen LogP contribution in [0, 0.1) is 12.3 Å². The summed E-state index contributed by atoms with van der Waals surface area (Å²) in [6.07, 6.45) is 0.216. The second-order valence-corrected chi connectivity index (χ2v) is 5.17. The number of benzene rings is 1. The van der Waals surface area contributed by atoms with Crippen LogP contribution >= 0.6 is 0 Å². The van der Waals surface area contributed by atoms with E-state index in [-0.39, 0.29) is 11.5 Å². The smallest absolute Gasteiger partial charge is 0.202 e. The Labute approximate surface area is 97.6 Å². The highest BCUT2D eigenvalue weighted by molar-refractivity contribution is 5.29. The normalized spacial score (nSPS) is 32.2. The Balaban J connectivity index is 2.41. The predicted octanol–water partition coefficient (Wildman–Crippen LogP) is 3.24. The second kappa shape index (κ2) is 3.57. The zero-order valence-electron chi connectivity index (χ0n) is 10.7.